The van der Waals surface area contributed by atoms with Crippen LogP contribution in [0, 0.1) is 0 Å². The number of pyridine rings is 1. The molecule has 1 aromatic heterocycles. The number of hydrogen-bond donors (Lipinski definition) is 0. The van der Waals surface area contributed by atoms with E-state index in [2.05, 4.69) is 4.98 Å². The topological polar surface area (TPSA) is 36.0 Å². The summed E-state index contributed by atoms with van der Waals surface area (Å²) in [7, 11) is 0. The van der Waals surface area contributed by atoms with Crippen LogP contribution >= 0.6 is 0 Å². The minimum atomic E-state index is -0.652. The smallest absolute Gasteiger partial charge is 0.142 e. The Balaban J connectivity index is 2.19. The molecule has 2 unspecified atom stereocenters. The molecule has 1 fully saturated rings. The molecule has 12 heavy (non-hydrogen) atoms. The van der Waals surface area contributed by atoms with Gasteiger partial charge in [0.05, 0.1) is 0 Å². The van der Waals surface area contributed by atoms with Crippen molar-refractivity contribution in [1.29, 1.82) is 0 Å². The molecule has 1 saturated heterocycles. The van der Waals surface area contributed by atoms with Crippen molar-refractivity contribution in [3.05, 3.63) is 30.1 Å². The van der Waals surface area contributed by atoms with E-state index in [1.54, 1.807) is 6.20 Å². The van der Waals surface area contributed by atoms with E-state index in [1.165, 1.54) is 0 Å². The van der Waals surface area contributed by atoms with E-state index in [0.29, 0.717) is 0 Å². The Bertz CT molecular complexity index is 252. The van der Waals surface area contributed by atoms with Gasteiger partial charge in [0.15, 0.2) is 0 Å². The van der Waals surface area contributed by atoms with Gasteiger partial charge in [-0.1, -0.05) is 6.07 Å². The Morgan fingerprint density at radius 2 is 2.50 bits per heavy atom. The summed E-state index contributed by atoms with van der Waals surface area (Å²) in [6.07, 6.45) is 5.72. The van der Waals surface area contributed by atoms with Crippen molar-refractivity contribution >= 4 is 11.2 Å². The van der Waals surface area contributed by atoms with Crippen molar-refractivity contribution in [1.82, 2.24) is 4.98 Å². The van der Waals surface area contributed by atoms with Crippen molar-refractivity contribution in [2.75, 3.05) is 5.75 Å². The zero-order valence-electron chi connectivity index (χ0n) is 6.77. The molecule has 0 radical (unpaired) electrons. The summed E-state index contributed by atoms with van der Waals surface area (Å²) in [5.41, 5.74) is 1.13. The lowest BCUT2D eigenvalue weighted by molar-refractivity contribution is 0.591. The second-order valence-electron chi connectivity index (χ2n) is 3.00. The van der Waals surface area contributed by atoms with Crippen molar-refractivity contribution in [2.24, 2.45) is 0 Å². The largest absolute Gasteiger partial charge is 0.616 e. The number of nitrogens with zero attached hydrogens (tertiary/aromatic N) is 1. The van der Waals surface area contributed by atoms with E-state index in [9.17, 15) is 4.55 Å². The fraction of sp³-hybridized carbons (Fsp3) is 0.444. The van der Waals surface area contributed by atoms with E-state index in [-0.39, 0.29) is 5.25 Å². The monoisotopic (exact) mass is 181 g/mol. The quantitative estimate of drug-likeness (QED) is 0.618. The van der Waals surface area contributed by atoms with Gasteiger partial charge in [0.2, 0.25) is 0 Å². The fourth-order valence-electron chi connectivity index (χ4n) is 1.57. The molecule has 1 aromatic rings. The van der Waals surface area contributed by atoms with Gasteiger partial charge < -0.3 is 4.55 Å². The summed E-state index contributed by atoms with van der Waals surface area (Å²) in [4.78, 5) is 4.03. The molecule has 0 N–H and O–H groups in total. The SMILES string of the molecule is [O-][S+]1CCCC1c1cccnc1. The Morgan fingerprint density at radius 3 is 3.08 bits per heavy atom. The van der Waals surface area contributed by atoms with Gasteiger partial charge in [0.1, 0.15) is 11.0 Å². The highest BCUT2D eigenvalue weighted by atomic mass is 32.2. The molecule has 3 heteroatoms. The first kappa shape index (κ1) is 8.08. The fourth-order valence-corrected chi connectivity index (χ4v) is 3.18. The van der Waals surface area contributed by atoms with E-state index < -0.39 is 11.2 Å². The van der Waals surface area contributed by atoms with Crippen LogP contribution in [0.15, 0.2) is 24.5 Å². The molecular weight excluding hydrogens is 170 g/mol. The Hall–Kier alpha value is -0.540. The second kappa shape index (κ2) is 3.46. The van der Waals surface area contributed by atoms with Crippen LogP contribution in [-0.4, -0.2) is 15.3 Å². The summed E-state index contributed by atoms with van der Waals surface area (Å²) in [6, 6.07) is 3.92. The van der Waals surface area contributed by atoms with Crippen LogP contribution in [0.25, 0.3) is 0 Å². The lowest BCUT2D eigenvalue weighted by Gasteiger charge is -2.12. The third-order valence-corrected chi connectivity index (χ3v) is 4.02. The number of rotatable bonds is 1. The van der Waals surface area contributed by atoms with Crippen molar-refractivity contribution in [2.45, 2.75) is 18.1 Å². The highest BCUT2D eigenvalue weighted by molar-refractivity contribution is 7.91. The molecule has 2 rings (SSSR count). The Morgan fingerprint density at radius 1 is 1.58 bits per heavy atom. The van der Waals surface area contributed by atoms with Crippen LogP contribution in [0.2, 0.25) is 0 Å². The first-order valence-electron chi connectivity index (χ1n) is 4.15. The van der Waals surface area contributed by atoms with Gasteiger partial charge in [-0.3, -0.25) is 4.98 Å². The predicted octanol–water partition coefficient (Wildman–Crippen LogP) is 1.67. The van der Waals surface area contributed by atoms with Crippen molar-refractivity contribution in [3.63, 3.8) is 0 Å². The number of hydrogen-bond acceptors (Lipinski definition) is 2. The first-order chi connectivity index (χ1) is 5.88. The average Bonchev–Trinajstić information content (AvgIpc) is 2.53. The molecule has 0 aromatic carbocycles. The number of aromatic nitrogens is 1. The average molecular weight is 181 g/mol. The molecule has 1 aliphatic heterocycles. The Labute approximate surface area is 75.2 Å². The van der Waals surface area contributed by atoms with E-state index in [4.69, 9.17) is 0 Å². The third kappa shape index (κ3) is 1.47. The molecule has 2 atom stereocenters. The molecule has 1 aliphatic rings. The first-order valence-corrected chi connectivity index (χ1v) is 5.53. The van der Waals surface area contributed by atoms with Crippen molar-refractivity contribution < 1.29 is 4.55 Å². The van der Waals surface area contributed by atoms with Gasteiger partial charge in [0, 0.05) is 24.4 Å². The lowest BCUT2D eigenvalue weighted by Crippen LogP contribution is -2.07. The zero-order valence-corrected chi connectivity index (χ0v) is 7.59. The summed E-state index contributed by atoms with van der Waals surface area (Å²) in [5, 5.41) is 0.249. The molecule has 0 aliphatic carbocycles. The van der Waals surface area contributed by atoms with Crippen molar-refractivity contribution in [3.8, 4) is 0 Å². The maximum atomic E-state index is 11.5. The third-order valence-electron chi connectivity index (χ3n) is 2.19. The maximum absolute atomic E-state index is 11.5. The highest BCUT2D eigenvalue weighted by Crippen LogP contribution is 2.33. The van der Waals surface area contributed by atoms with Crippen LogP contribution < -0.4 is 0 Å². The zero-order chi connectivity index (χ0) is 8.39. The maximum Gasteiger partial charge on any atom is 0.142 e. The van der Waals surface area contributed by atoms with Crippen LogP contribution in [0.4, 0.5) is 0 Å². The minimum Gasteiger partial charge on any atom is -0.616 e. The molecule has 2 nitrogen and oxygen atoms in total. The summed E-state index contributed by atoms with van der Waals surface area (Å²) in [6.45, 7) is 0. The van der Waals surface area contributed by atoms with Crippen LogP contribution in [0.1, 0.15) is 23.7 Å². The molecule has 0 saturated carbocycles. The Kier molecular flexibility index (Phi) is 2.33. The summed E-state index contributed by atoms with van der Waals surface area (Å²) < 4.78 is 11.5. The van der Waals surface area contributed by atoms with Gasteiger partial charge in [0.25, 0.3) is 0 Å². The molecule has 0 spiro atoms. The highest BCUT2D eigenvalue weighted by Gasteiger charge is 2.30. The van der Waals surface area contributed by atoms with Gasteiger partial charge >= 0.3 is 0 Å². The lowest BCUT2D eigenvalue weighted by atomic mass is 10.1. The summed E-state index contributed by atoms with van der Waals surface area (Å²) in [5.74, 6) is 0.861. The standard InChI is InChI=1S/C9H11NOS/c11-12-6-2-4-9(12)8-3-1-5-10-7-8/h1,3,5,7,9H,2,4,6H2. The molecule has 64 valence electrons. The minimum absolute atomic E-state index is 0.249. The van der Waals surface area contributed by atoms with E-state index >= 15 is 0 Å². The molecule has 2 heterocycles. The van der Waals surface area contributed by atoms with Crippen LogP contribution in [0.5, 0.6) is 0 Å². The van der Waals surface area contributed by atoms with Gasteiger partial charge in [-0.15, -0.1) is 0 Å². The van der Waals surface area contributed by atoms with Gasteiger partial charge in [-0.2, -0.15) is 0 Å². The van der Waals surface area contributed by atoms with Crippen LogP contribution in [0.3, 0.4) is 0 Å². The summed E-state index contributed by atoms with van der Waals surface area (Å²) >= 11 is -0.652. The van der Waals surface area contributed by atoms with Gasteiger partial charge in [-0.05, 0) is 23.7 Å². The predicted molar refractivity (Wildman–Crippen MR) is 49.2 cm³/mol. The van der Waals surface area contributed by atoms with Crippen LogP contribution in [-0.2, 0) is 11.2 Å². The second-order valence-corrected chi connectivity index (χ2v) is 4.74. The normalized spacial score (nSPS) is 29.1. The van der Waals surface area contributed by atoms with E-state index in [1.807, 2.05) is 18.3 Å². The van der Waals surface area contributed by atoms with E-state index in [0.717, 1.165) is 24.2 Å². The molecule has 0 bridgehead atoms. The molecule has 0 amide bonds. The molecular formula is C9H11NOS. The van der Waals surface area contributed by atoms with Gasteiger partial charge in [-0.25, -0.2) is 0 Å².